The van der Waals surface area contributed by atoms with Crippen LogP contribution < -0.4 is 5.73 Å². The van der Waals surface area contributed by atoms with Gasteiger partial charge in [0, 0.05) is 11.8 Å². The van der Waals surface area contributed by atoms with Crippen LogP contribution in [-0.2, 0) is 9.53 Å². The molecule has 0 saturated carbocycles. The summed E-state index contributed by atoms with van der Waals surface area (Å²) in [7, 11) is 1.35. The van der Waals surface area contributed by atoms with Gasteiger partial charge < -0.3 is 10.5 Å². The second-order valence-electron chi connectivity index (χ2n) is 1.67. The van der Waals surface area contributed by atoms with Gasteiger partial charge in [-0.2, -0.15) is 12.6 Å². The van der Waals surface area contributed by atoms with E-state index >= 15 is 0 Å². The molecule has 0 spiro atoms. The topological polar surface area (TPSA) is 52.3 Å². The van der Waals surface area contributed by atoms with Gasteiger partial charge in [-0.1, -0.05) is 0 Å². The number of carbonyl (C=O) groups excluding carboxylic acids is 1. The van der Waals surface area contributed by atoms with E-state index in [0.717, 1.165) is 0 Å². The summed E-state index contributed by atoms with van der Waals surface area (Å²) in [5, 5.41) is -0.0718. The van der Waals surface area contributed by atoms with Crippen molar-refractivity contribution in [3.05, 3.63) is 0 Å². The first-order valence-corrected chi connectivity index (χ1v) is 3.17. The highest BCUT2D eigenvalue weighted by Crippen LogP contribution is 1.98. The summed E-state index contributed by atoms with van der Waals surface area (Å²) in [6, 6.07) is 0. The summed E-state index contributed by atoms with van der Waals surface area (Å²) < 4.78 is 4.38. The van der Waals surface area contributed by atoms with E-state index in [-0.39, 0.29) is 17.6 Å². The van der Waals surface area contributed by atoms with Crippen LogP contribution in [0.15, 0.2) is 0 Å². The minimum atomic E-state index is -0.263. The predicted octanol–water partition coefficient (Wildman–Crippen LogP) is -0.193. The van der Waals surface area contributed by atoms with E-state index in [1.54, 1.807) is 0 Å². The lowest BCUT2D eigenvalue weighted by Gasteiger charge is -2.03. The first kappa shape index (κ1) is 8.78. The Hall–Kier alpha value is -0.220. The van der Waals surface area contributed by atoms with Crippen LogP contribution in [0.2, 0.25) is 0 Å². The molecule has 0 saturated heterocycles. The Labute approximate surface area is 60.0 Å². The average molecular weight is 149 g/mol. The number of hydrogen-bond acceptors (Lipinski definition) is 4. The standard InChI is InChI=1S/C5H11NO2S/c1-8-5(7)2-4(9)3-6/h4,9H,2-3,6H2,1H3. The second kappa shape index (κ2) is 4.64. The number of nitrogens with two attached hydrogens (primary N) is 1. The van der Waals surface area contributed by atoms with Crippen molar-refractivity contribution in [1.82, 2.24) is 0 Å². The third-order valence-electron chi connectivity index (χ3n) is 0.902. The maximum Gasteiger partial charge on any atom is 0.306 e. The van der Waals surface area contributed by atoms with Crippen molar-refractivity contribution in [1.29, 1.82) is 0 Å². The van der Waals surface area contributed by atoms with Crippen LogP contribution in [0.5, 0.6) is 0 Å². The lowest BCUT2D eigenvalue weighted by Crippen LogP contribution is -2.18. The summed E-state index contributed by atoms with van der Waals surface area (Å²) >= 11 is 4.00. The number of methoxy groups -OCH3 is 1. The monoisotopic (exact) mass is 149 g/mol. The Morgan fingerprint density at radius 2 is 2.44 bits per heavy atom. The molecule has 9 heavy (non-hydrogen) atoms. The smallest absolute Gasteiger partial charge is 0.306 e. The molecule has 0 aliphatic heterocycles. The number of thiol groups is 1. The molecule has 0 amide bonds. The number of carbonyl (C=O) groups is 1. The zero-order chi connectivity index (χ0) is 7.28. The van der Waals surface area contributed by atoms with Crippen LogP contribution in [-0.4, -0.2) is 24.9 Å². The fourth-order valence-electron chi connectivity index (χ4n) is 0.359. The molecule has 1 atom stereocenters. The van der Waals surface area contributed by atoms with Crippen LogP contribution in [0, 0.1) is 0 Å². The Kier molecular flexibility index (Phi) is 4.53. The van der Waals surface area contributed by atoms with Crippen molar-refractivity contribution >= 4 is 18.6 Å². The lowest BCUT2D eigenvalue weighted by atomic mass is 10.3. The molecule has 0 rings (SSSR count). The maximum atomic E-state index is 10.5. The summed E-state index contributed by atoms with van der Waals surface area (Å²) in [6.45, 7) is 0.401. The lowest BCUT2D eigenvalue weighted by molar-refractivity contribution is -0.140. The van der Waals surface area contributed by atoms with E-state index in [4.69, 9.17) is 5.73 Å². The summed E-state index contributed by atoms with van der Waals surface area (Å²) in [5.41, 5.74) is 5.19. The molecular weight excluding hydrogens is 138 g/mol. The average Bonchev–Trinajstić information content (AvgIpc) is 1.87. The molecule has 0 aliphatic rings. The van der Waals surface area contributed by atoms with Gasteiger partial charge in [0.1, 0.15) is 0 Å². The first-order chi connectivity index (χ1) is 4.20. The van der Waals surface area contributed by atoms with Gasteiger partial charge in [0.05, 0.1) is 13.5 Å². The van der Waals surface area contributed by atoms with Crippen LogP contribution >= 0.6 is 12.6 Å². The van der Waals surface area contributed by atoms with Crippen molar-refractivity contribution in [2.75, 3.05) is 13.7 Å². The Balaban J connectivity index is 3.34. The zero-order valence-corrected chi connectivity index (χ0v) is 6.23. The molecule has 0 fully saturated rings. The van der Waals surface area contributed by atoms with Gasteiger partial charge in [0.15, 0.2) is 0 Å². The molecule has 54 valence electrons. The Bertz CT molecular complexity index is 97.0. The van der Waals surface area contributed by atoms with Crippen molar-refractivity contribution in [3.63, 3.8) is 0 Å². The third-order valence-corrected chi connectivity index (χ3v) is 1.30. The Morgan fingerprint density at radius 1 is 1.89 bits per heavy atom. The molecule has 3 nitrogen and oxygen atoms in total. The highest BCUT2D eigenvalue weighted by Gasteiger charge is 2.06. The summed E-state index contributed by atoms with van der Waals surface area (Å²) in [4.78, 5) is 10.5. The van der Waals surface area contributed by atoms with Crippen LogP contribution in [0.1, 0.15) is 6.42 Å². The van der Waals surface area contributed by atoms with Gasteiger partial charge in [-0.3, -0.25) is 4.79 Å². The molecule has 0 aromatic carbocycles. The highest BCUT2D eigenvalue weighted by atomic mass is 32.1. The van der Waals surface area contributed by atoms with Crippen LogP contribution in [0.4, 0.5) is 0 Å². The van der Waals surface area contributed by atoms with E-state index in [1.165, 1.54) is 7.11 Å². The summed E-state index contributed by atoms with van der Waals surface area (Å²) in [5.74, 6) is -0.263. The molecule has 4 heteroatoms. The predicted molar refractivity (Wildman–Crippen MR) is 38.5 cm³/mol. The van der Waals surface area contributed by atoms with Gasteiger partial charge in [-0.25, -0.2) is 0 Å². The fourth-order valence-corrected chi connectivity index (χ4v) is 0.508. The molecule has 0 heterocycles. The quantitative estimate of drug-likeness (QED) is 0.432. The molecule has 0 radical (unpaired) electrons. The number of hydrogen-bond donors (Lipinski definition) is 2. The van der Waals surface area contributed by atoms with Crippen molar-refractivity contribution in [2.24, 2.45) is 5.73 Å². The van der Waals surface area contributed by atoms with Gasteiger partial charge in [-0.05, 0) is 0 Å². The highest BCUT2D eigenvalue weighted by molar-refractivity contribution is 7.81. The fraction of sp³-hybridized carbons (Fsp3) is 0.800. The molecular formula is C5H11NO2S. The normalized spacial score (nSPS) is 12.8. The van der Waals surface area contributed by atoms with Crippen molar-refractivity contribution in [2.45, 2.75) is 11.7 Å². The van der Waals surface area contributed by atoms with E-state index in [1.807, 2.05) is 0 Å². The first-order valence-electron chi connectivity index (χ1n) is 2.65. The Morgan fingerprint density at radius 3 is 2.78 bits per heavy atom. The number of rotatable bonds is 3. The number of ether oxygens (including phenoxy) is 1. The SMILES string of the molecule is COC(=O)CC(S)CN. The van der Waals surface area contributed by atoms with Gasteiger partial charge >= 0.3 is 5.97 Å². The largest absolute Gasteiger partial charge is 0.469 e. The van der Waals surface area contributed by atoms with E-state index in [0.29, 0.717) is 6.54 Å². The van der Waals surface area contributed by atoms with E-state index < -0.39 is 0 Å². The van der Waals surface area contributed by atoms with Crippen LogP contribution in [0.3, 0.4) is 0 Å². The van der Waals surface area contributed by atoms with E-state index in [9.17, 15) is 4.79 Å². The molecule has 0 aromatic rings. The summed E-state index contributed by atoms with van der Waals surface area (Å²) in [6.07, 6.45) is 0.288. The molecule has 0 aliphatic carbocycles. The third kappa shape index (κ3) is 4.29. The van der Waals surface area contributed by atoms with Crippen LogP contribution in [0.25, 0.3) is 0 Å². The maximum absolute atomic E-state index is 10.5. The minimum Gasteiger partial charge on any atom is -0.469 e. The molecule has 0 bridgehead atoms. The van der Waals surface area contributed by atoms with Gasteiger partial charge in [0.25, 0.3) is 0 Å². The molecule has 0 aromatic heterocycles. The zero-order valence-electron chi connectivity index (χ0n) is 5.33. The van der Waals surface area contributed by atoms with Gasteiger partial charge in [-0.15, -0.1) is 0 Å². The second-order valence-corrected chi connectivity index (χ2v) is 2.40. The van der Waals surface area contributed by atoms with Crippen molar-refractivity contribution < 1.29 is 9.53 Å². The van der Waals surface area contributed by atoms with E-state index in [2.05, 4.69) is 17.4 Å². The van der Waals surface area contributed by atoms with Gasteiger partial charge in [0.2, 0.25) is 0 Å². The van der Waals surface area contributed by atoms with Crippen molar-refractivity contribution in [3.8, 4) is 0 Å². The minimum absolute atomic E-state index is 0.0718. The molecule has 2 N–H and O–H groups in total. The number of esters is 1. The molecule has 1 unspecified atom stereocenters.